The minimum absolute atomic E-state index is 1.10. The van der Waals surface area contributed by atoms with Gasteiger partial charge in [-0.25, -0.2) is 0 Å². The van der Waals surface area contributed by atoms with Crippen LogP contribution in [0.25, 0.3) is 87.6 Å². The lowest BCUT2D eigenvalue weighted by molar-refractivity contribution is 1.28. The van der Waals surface area contributed by atoms with Crippen LogP contribution in [0.4, 0.5) is 17.1 Å². The average Bonchev–Trinajstić information content (AvgIpc) is 3.32. The SMILES string of the molecule is c1ccc(-c2cccc(N(c3ccc(-c4ccc(-c5cc6c7ccccc7ccc6c6ccccc56)c5ccccc45)cc3)c3ccccc3-c3ccccc3)c2)cc1. The molecule has 0 aliphatic heterocycles. The monoisotopic (exact) mass is 749 g/mol. The molecule has 0 atom stereocenters. The quantitative estimate of drug-likeness (QED) is 0.147. The van der Waals surface area contributed by atoms with E-state index in [2.05, 4.69) is 241 Å². The highest BCUT2D eigenvalue weighted by molar-refractivity contribution is 6.22. The lowest BCUT2D eigenvalue weighted by Gasteiger charge is -2.28. The fourth-order valence-corrected chi connectivity index (χ4v) is 9.07. The molecule has 0 spiro atoms. The molecule has 0 radical (unpaired) electrons. The highest BCUT2D eigenvalue weighted by Gasteiger charge is 2.19. The Morgan fingerprint density at radius 2 is 0.763 bits per heavy atom. The highest BCUT2D eigenvalue weighted by atomic mass is 15.1. The van der Waals surface area contributed by atoms with Gasteiger partial charge in [0.25, 0.3) is 0 Å². The summed E-state index contributed by atoms with van der Waals surface area (Å²) < 4.78 is 0. The van der Waals surface area contributed by atoms with E-state index in [9.17, 15) is 0 Å². The molecule has 0 N–H and O–H groups in total. The molecule has 0 saturated carbocycles. The molecular formula is C58H39N. The van der Waals surface area contributed by atoms with Gasteiger partial charge in [-0.15, -0.1) is 0 Å². The van der Waals surface area contributed by atoms with Crippen LogP contribution in [0.2, 0.25) is 0 Å². The summed E-state index contributed by atoms with van der Waals surface area (Å²) in [5.74, 6) is 0. The third-order valence-electron chi connectivity index (χ3n) is 11.9. The Balaban J connectivity index is 1.05. The number of hydrogen-bond acceptors (Lipinski definition) is 1. The second kappa shape index (κ2) is 14.6. The first kappa shape index (κ1) is 34.5. The minimum atomic E-state index is 1.10. The van der Waals surface area contributed by atoms with Gasteiger partial charge in [0.2, 0.25) is 0 Å². The van der Waals surface area contributed by atoms with Gasteiger partial charge >= 0.3 is 0 Å². The van der Waals surface area contributed by atoms with Crippen molar-refractivity contribution in [2.75, 3.05) is 4.90 Å². The van der Waals surface area contributed by atoms with Gasteiger partial charge < -0.3 is 4.90 Å². The number of anilines is 3. The van der Waals surface area contributed by atoms with E-state index < -0.39 is 0 Å². The van der Waals surface area contributed by atoms with Crippen LogP contribution in [0.3, 0.4) is 0 Å². The zero-order valence-corrected chi connectivity index (χ0v) is 32.5. The minimum Gasteiger partial charge on any atom is -0.310 e. The standard InChI is InChI=1S/C58H39N/c1-3-16-40(17-4-1)44-21-15-22-46(38-44)59(58-29-14-13-24-49(58)41-18-5-2-6-19-41)45-33-30-43(31-34-45)48-36-37-55(51-26-10-9-25-50(48)51)57-39-56-47-23-8-7-20-42(47)32-35-54(56)52-27-11-12-28-53(52)57/h1-39H. The number of para-hydroxylation sites is 1. The summed E-state index contributed by atoms with van der Waals surface area (Å²) >= 11 is 0. The predicted octanol–water partition coefficient (Wildman–Crippen LogP) is 16.4. The third kappa shape index (κ3) is 6.12. The lowest BCUT2D eigenvalue weighted by atomic mass is 9.87. The zero-order valence-electron chi connectivity index (χ0n) is 32.5. The normalized spacial score (nSPS) is 11.4. The van der Waals surface area contributed by atoms with Crippen molar-refractivity contribution < 1.29 is 0 Å². The molecule has 0 aromatic heterocycles. The van der Waals surface area contributed by atoms with E-state index in [1.807, 2.05) is 0 Å². The van der Waals surface area contributed by atoms with Crippen LogP contribution < -0.4 is 4.90 Å². The Morgan fingerprint density at radius 1 is 0.220 bits per heavy atom. The Bertz CT molecular complexity index is 3310. The van der Waals surface area contributed by atoms with E-state index >= 15 is 0 Å². The molecule has 0 unspecified atom stereocenters. The van der Waals surface area contributed by atoms with Gasteiger partial charge in [0.05, 0.1) is 5.69 Å². The molecule has 0 aliphatic rings. The molecule has 0 fully saturated rings. The number of benzene rings is 11. The highest BCUT2D eigenvalue weighted by Crippen LogP contribution is 2.45. The van der Waals surface area contributed by atoms with Crippen molar-refractivity contribution >= 4 is 60.2 Å². The Labute approximate surface area is 344 Å². The zero-order chi connectivity index (χ0) is 39.1. The second-order valence-corrected chi connectivity index (χ2v) is 15.2. The summed E-state index contributed by atoms with van der Waals surface area (Å²) in [6.45, 7) is 0. The summed E-state index contributed by atoms with van der Waals surface area (Å²) in [6.07, 6.45) is 0. The van der Waals surface area contributed by atoms with Gasteiger partial charge in [-0.2, -0.15) is 0 Å². The van der Waals surface area contributed by atoms with Crippen molar-refractivity contribution in [2.45, 2.75) is 0 Å². The molecule has 0 heterocycles. The molecule has 11 aromatic carbocycles. The molecule has 0 amide bonds. The van der Waals surface area contributed by atoms with Crippen LogP contribution in [-0.4, -0.2) is 0 Å². The van der Waals surface area contributed by atoms with Gasteiger partial charge in [0.15, 0.2) is 0 Å². The maximum Gasteiger partial charge on any atom is 0.0540 e. The first-order valence-corrected chi connectivity index (χ1v) is 20.3. The van der Waals surface area contributed by atoms with E-state index in [0.717, 1.165) is 17.1 Å². The van der Waals surface area contributed by atoms with E-state index in [1.54, 1.807) is 0 Å². The number of fused-ring (bicyclic) bond motifs is 6. The first-order chi connectivity index (χ1) is 29.3. The van der Waals surface area contributed by atoms with E-state index in [-0.39, 0.29) is 0 Å². The van der Waals surface area contributed by atoms with Gasteiger partial charge in [-0.3, -0.25) is 0 Å². The number of hydrogen-bond donors (Lipinski definition) is 0. The molecule has 1 heteroatoms. The summed E-state index contributed by atoms with van der Waals surface area (Å²) in [5, 5.41) is 10.1. The number of rotatable bonds is 7. The third-order valence-corrected chi connectivity index (χ3v) is 11.9. The van der Waals surface area contributed by atoms with Gasteiger partial charge in [0.1, 0.15) is 0 Å². The Morgan fingerprint density at radius 3 is 1.53 bits per heavy atom. The van der Waals surface area contributed by atoms with Crippen LogP contribution in [0.1, 0.15) is 0 Å². The topological polar surface area (TPSA) is 3.24 Å². The average molecular weight is 750 g/mol. The summed E-state index contributed by atoms with van der Waals surface area (Å²) in [5.41, 5.74) is 13.0. The van der Waals surface area contributed by atoms with Crippen molar-refractivity contribution in [2.24, 2.45) is 0 Å². The fourth-order valence-electron chi connectivity index (χ4n) is 9.07. The Hall–Kier alpha value is -7.74. The van der Waals surface area contributed by atoms with Gasteiger partial charge in [-0.05, 0) is 118 Å². The van der Waals surface area contributed by atoms with Gasteiger partial charge in [0, 0.05) is 16.9 Å². The molecule has 0 saturated heterocycles. The molecule has 59 heavy (non-hydrogen) atoms. The maximum absolute atomic E-state index is 2.42. The number of nitrogens with zero attached hydrogens (tertiary/aromatic N) is 1. The van der Waals surface area contributed by atoms with Crippen molar-refractivity contribution in [1.82, 2.24) is 0 Å². The summed E-state index contributed by atoms with van der Waals surface area (Å²) in [6, 6.07) is 86.2. The largest absolute Gasteiger partial charge is 0.310 e. The van der Waals surface area contributed by atoms with Crippen LogP contribution in [-0.2, 0) is 0 Å². The van der Waals surface area contributed by atoms with Crippen molar-refractivity contribution in [3.8, 4) is 44.5 Å². The summed E-state index contributed by atoms with van der Waals surface area (Å²) in [7, 11) is 0. The van der Waals surface area contributed by atoms with Crippen LogP contribution in [0.5, 0.6) is 0 Å². The molecule has 0 aliphatic carbocycles. The van der Waals surface area contributed by atoms with Gasteiger partial charge in [-0.1, -0.05) is 200 Å². The van der Waals surface area contributed by atoms with Crippen LogP contribution in [0.15, 0.2) is 237 Å². The van der Waals surface area contributed by atoms with E-state index in [4.69, 9.17) is 0 Å². The summed E-state index contributed by atoms with van der Waals surface area (Å²) in [4.78, 5) is 2.40. The Kier molecular flexibility index (Phi) is 8.56. The first-order valence-electron chi connectivity index (χ1n) is 20.3. The van der Waals surface area contributed by atoms with Crippen molar-refractivity contribution in [3.05, 3.63) is 237 Å². The van der Waals surface area contributed by atoms with E-state index in [0.29, 0.717) is 0 Å². The molecule has 11 aromatic rings. The molecule has 276 valence electrons. The van der Waals surface area contributed by atoms with Crippen LogP contribution in [0, 0.1) is 0 Å². The molecule has 1 nitrogen and oxygen atoms in total. The predicted molar refractivity (Wildman–Crippen MR) is 253 cm³/mol. The van der Waals surface area contributed by atoms with Crippen molar-refractivity contribution in [3.63, 3.8) is 0 Å². The van der Waals surface area contributed by atoms with E-state index in [1.165, 1.54) is 87.6 Å². The second-order valence-electron chi connectivity index (χ2n) is 15.2. The molecular weight excluding hydrogens is 711 g/mol. The lowest BCUT2D eigenvalue weighted by Crippen LogP contribution is -2.11. The van der Waals surface area contributed by atoms with Crippen molar-refractivity contribution in [1.29, 1.82) is 0 Å². The maximum atomic E-state index is 2.42. The molecule has 0 bridgehead atoms. The smallest absolute Gasteiger partial charge is 0.0540 e. The fraction of sp³-hybridized carbons (Fsp3) is 0. The molecule has 11 rings (SSSR count). The van der Waals surface area contributed by atoms with Crippen LogP contribution >= 0.6 is 0 Å².